The molecule has 0 saturated carbocycles. The number of amides is 1. The zero-order chi connectivity index (χ0) is 18.2. The lowest BCUT2D eigenvalue weighted by atomic mass is 10.0. The van der Waals surface area contributed by atoms with Crippen LogP contribution in [0.5, 0.6) is 5.75 Å². The number of carbonyl (C=O) groups excluding carboxylic acids is 1. The molecule has 0 aliphatic heterocycles. The summed E-state index contributed by atoms with van der Waals surface area (Å²) in [6.07, 6.45) is 4.38. The van der Waals surface area contributed by atoms with Crippen molar-refractivity contribution in [3.05, 3.63) is 34.3 Å². The highest BCUT2D eigenvalue weighted by Crippen LogP contribution is 2.27. The topological polar surface area (TPSA) is 64.1 Å². The summed E-state index contributed by atoms with van der Waals surface area (Å²) in [5.41, 5.74) is 2.22. The molecular weight excluding hydrogens is 334 g/mol. The molecule has 0 aliphatic carbocycles. The van der Waals surface area contributed by atoms with Crippen LogP contribution in [-0.4, -0.2) is 22.7 Å². The average molecular weight is 362 g/mol. The van der Waals surface area contributed by atoms with E-state index in [4.69, 9.17) is 4.74 Å². The summed E-state index contributed by atoms with van der Waals surface area (Å²) in [6.45, 7) is 8.37. The Labute approximate surface area is 153 Å². The fraction of sp³-hybridized carbons (Fsp3) is 0.526. The maximum atomic E-state index is 12.1. The van der Waals surface area contributed by atoms with E-state index >= 15 is 0 Å². The third-order valence-corrected chi connectivity index (χ3v) is 4.76. The average Bonchev–Trinajstić information content (AvgIpc) is 3.00. The van der Waals surface area contributed by atoms with Crippen molar-refractivity contribution in [3.63, 3.8) is 0 Å². The lowest BCUT2D eigenvalue weighted by Gasteiger charge is -2.14. The molecule has 1 aromatic heterocycles. The van der Waals surface area contributed by atoms with Crippen molar-refractivity contribution in [1.29, 1.82) is 0 Å². The van der Waals surface area contributed by atoms with E-state index in [9.17, 15) is 4.79 Å². The van der Waals surface area contributed by atoms with E-state index in [1.54, 1.807) is 0 Å². The monoisotopic (exact) mass is 361 g/mol. The number of nitrogens with zero attached hydrogens (tertiary/aromatic N) is 2. The van der Waals surface area contributed by atoms with E-state index < -0.39 is 0 Å². The van der Waals surface area contributed by atoms with E-state index in [2.05, 4.69) is 48.4 Å². The summed E-state index contributed by atoms with van der Waals surface area (Å²) in [5.74, 6) is 0.891. The summed E-state index contributed by atoms with van der Waals surface area (Å²) in [6, 6.07) is 6.09. The van der Waals surface area contributed by atoms with Gasteiger partial charge in [-0.05, 0) is 36.5 Å². The number of rotatable bonds is 9. The Morgan fingerprint density at radius 2 is 2.08 bits per heavy atom. The molecule has 0 bridgehead atoms. The molecule has 0 spiro atoms. The maximum absolute atomic E-state index is 12.1. The van der Waals surface area contributed by atoms with Gasteiger partial charge in [-0.1, -0.05) is 57.1 Å². The molecule has 2 aromatic rings. The van der Waals surface area contributed by atoms with E-state index in [0.29, 0.717) is 11.0 Å². The van der Waals surface area contributed by atoms with Gasteiger partial charge in [0, 0.05) is 6.42 Å². The quantitative estimate of drug-likeness (QED) is 0.656. The Kier molecular flexibility index (Phi) is 7.37. The SMILES string of the molecule is CCCCCc1nnc(NC(=O)COc2cc(C)ccc2C(C)C)s1. The van der Waals surface area contributed by atoms with Crippen molar-refractivity contribution in [1.82, 2.24) is 10.2 Å². The number of benzene rings is 1. The third kappa shape index (κ3) is 6.12. The van der Waals surface area contributed by atoms with Crippen molar-refractivity contribution in [2.45, 2.75) is 59.3 Å². The first-order valence-corrected chi connectivity index (χ1v) is 9.66. The lowest BCUT2D eigenvalue weighted by molar-refractivity contribution is -0.118. The minimum atomic E-state index is -0.215. The number of aryl methyl sites for hydroxylation is 2. The van der Waals surface area contributed by atoms with Gasteiger partial charge in [0.1, 0.15) is 10.8 Å². The number of hydrogen-bond acceptors (Lipinski definition) is 5. The molecule has 0 unspecified atom stereocenters. The van der Waals surface area contributed by atoms with Gasteiger partial charge in [-0.3, -0.25) is 10.1 Å². The van der Waals surface area contributed by atoms with Crippen LogP contribution in [0.3, 0.4) is 0 Å². The zero-order valence-corrected chi connectivity index (χ0v) is 16.3. The number of anilines is 1. The molecule has 0 aliphatic rings. The van der Waals surface area contributed by atoms with Crippen molar-refractivity contribution in [2.24, 2.45) is 0 Å². The molecule has 0 radical (unpaired) electrons. The Hall–Kier alpha value is -1.95. The summed E-state index contributed by atoms with van der Waals surface area (Å²) < 4.78 is 5.74. The van der Waals surface area contributed by atoms with Crippen LogP contribution in [0.1, 0.15) is 62.1 Å². The van der Waals surface area contributed by atoms with Crippen LogP contribution in [0.15, 0.2) is 18.2 Å². The van der Waals surface area contributed by atoms with Gasteiger partial charge in [0.15, 0.2) is 6.61 Å². The van der Waals surface area contributed by atoms with Crippen molar-refractivity contribution in [2.75, 3.05) is 11.9 Å². The van der Waals surface area contributed by atoms with Gasteiger partial charge < -0.3 is 4.74 Å². The molecule has 0 fully saturated rings. The predicted molar refractivity (Wildman–Crippen MR) is 103 cm³/mol. The first kappa shape index (κ1) is 19.4. The van der Waals surface area contributed by atoms with Crippen molar-refractivity contribution in [3.8, 4) is 5.75 Å². The van der Waals surface area contributed by atoms with Crippen LogP contribution < -0.4 is 10.1 Å². The van der Waals surface area contributed by atoms with Crippen LogP contribution in [0.4, 0.5) is 5.13 Å². The number of ether oxygens (including phenoxy) is 1. The Morgan fingerprint density at radius 3 is 2.80 bits per heavy atom. The van der Waals surface area contributed by atoms with Gasteiger partial charge in [-0.15, -0.1) is 10.2 Å². The molecule has 2 rings (SSSR count). The fourth-order valence-electron chi connectivity index (χ4n) is 2.47. The van der Waals surface area contributed by atoms with Crippen molar-refractivity contribution >= 4 is 22.4 Å². The number of carbonyl (C=O) groups is 1. The molecular formula is C19H27N3O2S. The summed E-state index contributed by atoms with van der Waals surface area (Å²) in [7, 11) is 0. The van der Waals surface area contributed by atoms with Gasteiger partial charge >= 0.3 is 0 Å². The van der Waals surface area contributed by atoms with Gasteiger partial charge in [0.05, 0.1) is 0 Å². The molecule has 1 amide bonds. The van der Waals surface area contributed by atoms with Gasteiger partial charge in [0.2, 0.25) is 5.13 Å². The van der Waals surface area contributed by atoms with Crippen LogP contribution in [-0.2, 0) is 11.2 Å². The minimum Gasteiger partial charge on any atom is -0.483 e. The number of unbranched alkanes of at least 4 members (excludes halogenated alkanes) is 2. The second-order valence-corrected chi connectivity index (χ2v) is 7.55. The van der Waals surface area contributed by atoms with Crippen LogP contribution in [0.2, 0.25) is 0 Å². The molecule has 136 valence electrons. The fourth-order valence-corrected chi connectivity index (χ4v) is 3.27. The normalized spacial score (nSPS) is 10.9. The van der Waals surface area contributed by atoms with Gasteiger partial charge in [-0.25, -0.2) is 0 Å². The van der Waals surface area contributed by atoms with E-state index in [0.717, 1.165) is 34.7 Å². The van der Waals surface area contributed by atoms with E-state index in [1.807, 2.05) is 13.0 Å². The highest BCUT2D eigenvalue weighted by atomic mass is 32.1. The van der Waals surface area contributed by atoms with Crippen LogP contribution in [0.25, 0.3) is 0 Å². The standard InChI is InChI=1S/C19H27N3O2S/c1-5-6-7-8-18-21-22-19(25-18)20-17(23)12-24-16-11-14(4)9-10-15(16)13(2)3/h9-11,13H,5-8,12H2,1-4H3,(H,20,22,23). The minimum absolute atomic E-state index is 0.0338. The second-order valence-electron chi connectivity index (χ2n) is 6.49. The number of nitrogens with one attached hydrogen (secondary N) is 1. The molecule has 1 aromatic carbocycles. The van der Waals surface area contributed by atoms with Crippen LogP contribution >= 0.6 is 11.3 Å². The Balaban J connectivity index is 1.88. The predicted octanol–water partition coefficient (Wildman–Crippen LogP) is 4.72. The van der Waals surface area contributed by atoms with Gasteiger partial charge in [-0.2, -0.15) is 0 Å². The number of aromatic nitrogens is 2. The van der Waals surface area contributed by atoms with Crippen LogP contribution in [0, 0.1) is 6.92 Å². The summed E-state index contributed by atoms with van der Waals surface area (Å²) >= 11 is 1.43. The van der Waals surface area contributed by atoms with Crippen molar-refractivity contribution < 1.29 is 9.53 Å². The molecule has 5 nitrogen and oxygen atoms in total. The Bertz CT molecular complexity index is 698. The third-order valence-electron chi connectivity index (χ3n) is 3.86. The zero-order valence-electron chi connectivity index (χ0n) is 15.5. The maximum Gasteiger partial charge on any atom is 0.264 e. The number of hydrogen-bond donors (Lipinski definition) is 1. The second kappa shape index (κ2) is 9.51. The molecule has 1 N–H and O–H groups in total. The lowest BCUT2D eigenvalue weighted by Crippen LogP contribution is -2.20. The molecule has 0 atom stereocenters. The largest absolute Gasteiger partial charge is 0.483 e. The molecule has 0 saturated heterocycles. The Morgan fingerprint density at radius 1 is 1.28 bits per heavy atom. The first-order valence-electron chi connectivity index (χ1n) is 8.85. The highest BCUT2D eigenvalue weighted by Gasteiger charge is 2.12. The smallest absolute Gasteiger partial charge is 0.264 e. The highest BCUT2D eigenvalue weighted by molar-refractivity contribution is 7.15. The molecule has 6 heteroatoms. The first-order chi connectivity index (χ1) is 12.0. The molecule has 1 heterocycles. The summed E-state index contributed by atoms with van der Waals surface area (Å²) in [4.78, 5) is 12.1. The van der Waals surface area contributed by atoms with Gasteiger partial charge in [0.25, 0.3) is 5.91 Å². The van der Waals surface area contributed by atoms with E-state index in [-0.39, 0.29) is 12.5 Å². The molecule has 25 heavy (non-hydrogen) atoms. The summed E-state index contributed by atoms with van der Waals surface area (Å²) in [5, 5.41) is 12.4. The van der Waals surface area contributed by atoms with E-state index in [1.165, 1.54) is 24.2 Å².